The highest BCUT2D eigenvalue weighted by molar-refractivity contribution is 7.90. The number of ether oxygens (including phenoxy) is 1. The molecule has 188 valence electrons. The Labute approximate surface area is 206 Å². The minimum atomic E-state index is -4.26. The zero-order valence-corrected chi connectivity index (χ0v) is 20.3. The maximum atomic E-state index is 13.5. The van der Waals surface area contributed by atoms with Gasteiger partial charge in [0, 0.05) is 24.5 Å². The molecule has 1 amide bonds. The second kappa shape index (κ2) is 9.19. The van der Waals surface area contributed by atoms with Gasteiger partial charge in [-0.2, -0.15) is 8.42 Å². The van der Waals surface area contributed by atoms with Gasteiger partial charge in [-0.3, -0.25) is 9.59 Å². The van der Waals surface area contributed by atoms with Crippen molar-refractivity contribution in [3.05, 3.63) is 58.4 Å². The quantitative estimate of drug-likeness (QED) is 0.357. The lowest BCUT2D eigenvalue weighted by Crippen LogP contribution is -2.37. The third kappa shape index (κ3) is 4.47. The normalized spacial score (nSPS) is 16.0. The molecule has 0 unspecified atom stereocenters. The number of carbonyl (C=O) groups is 1. The Morgan fingerprint density at radius 3 is 2.78 bits per heavy atom. The van der Waals surface area contributed by atoms with Crippen molar-refractivity contribution in [2.45, 2.75) is 24.7 Å². The first-order valence-electron chi connectivity index (χ1n) is 11.5. The number of nitrogens with one attached hydrogen (secondary N) is 3. The van der Waals surface area contributed by atoms with Gasteiger partial charge in [0.25, 0.3) is 21.5 Å². The van der Waals surface area contributed by atoms with Crippen LogP contribution in [0.2, 0.25) is 0 Å². The highest BCUT2D eigenvalue weighted by atomic mass is 32.2. The summed E-state index contributed by atoms with van der Waals surface area (Å²) in [7, 11) is -4.26. The number of fused-ring (bicyclic) bond motifs is 2. The summed E-state index contributed by atoms with van der Waals surface area (Å²) in [6.45, 7) is 2.53. The molecule has 1 aromatic heterocycles. The Morgan fingerprint density at radius 1 is 1.25 bits per heavy atom. The lowest BCUT2D eigenvalue weighted by Gasteiger charge is -2.21. The van der Waals surface area contributed by atoms with E-state index in [4.69, 9.17) is 4.74 Å². The standard InChI is InChI=1S/C24H25N5O6S/c1-2-25-20(30)13-35-15-9-10-17-19(11-15)36(33,34)28-23(27-17)21-22(31)16-5-3-4-6-18(16)29(24(21)32)26-12-14-7-8-14/h3-6,9-11,14,26,31H,2,7-8,12-13H2,1H3,(H,25,30)(H,27,28). The number of pyridine rings is 1. The van der Waals surface area contributed by atoms with Gasteiger partial charge in [-0.15, -0.1) is 4.40 Å². The number of benzene rings is 2. The number of rotatable bonds is 8. The van der Waals surface area contributed by atoms with Gasteiger partial charge in [-0.1, -0.05) is 12.1 Å². The van der Waals surface area contributed by atoms with E-state index < -0.39 is 15.6 Å². The molecular formula is C24H25N5O6S. The van der Waals surface area contributed by atoms with Crippen LogP contribution >= 0.6 is 0 Å². The molecule has 2 aliphatic rings. The summed E-state index contributed by atoms with van der Waals surface area (Å²) in [6.07, 6.45) is 2.14. The van der Waals surface area contributed by atoms with Crippen molar-refractivity contribution in [2.75, 3.05) is 30.4 Å². The fraction of sp³-hybridized carbons (Fsp3) is 0.292. The fourth-order valence-corrected chi connectivity index (χ4v) is 5.11. The smallest absolute Gasteiger partial charge is 0.286 e. The predicted octanol–water partition coefficient (Wildman–Crippen LogP) is 1.74. The van der Waals surface area contributed by atoms with E-state index in [1.54, 1.807) is 31.2 Å². The highest BCUT2D eigenvalue weighted by Crippen LogP contribution is 2.34. The SMILES string of the molecule is CCNC(=O)COc1ccc2c(c1)S(=O)(=O)N=C(c1c(O)c3ccccc3n(NCC3CC3)c1=O)N2. The van der Waals surface area contributed by atoms with Gasteiger partial charge in [0.05, 0.1) is 11.2 Å². The first kappa shape index (κ1) is 23.7. The van der Waals surface area contributed by atoms with Gasteiger partial charge in [-0.25, -0.2) is 4.68 Å². The highest BCUT2D eigenvalue weighted by Gasteiger charge is 2.31. The minimum absolute atomic E-state index is 0.162. The number of nitrogens with zero attached hydrogens (tertiary/aromatic N) is 2. The lowest BCUT2D eigenvalue weighted by atomic mass is 10.1. The largest absolute Gasteiger partial charge is 0.506 e. The van der Waals surface area contributed by atoms with Crippen LogP contribution in [0, 0.1) is 5.92 Å². The van der Waals surface area contributed by atoms with E-state index >= 15 is 0 Å². The summed E-state index contributed by atoms with van der Waals surface area (Å²) in [5, 5.41) is 16.8. The summed E-state index contributed by atoms with van der Waals surface area (Å²) in [4.78, 5) is 25.0. The molecule has 1 saturated carbocycles. The van der Waals surface area contributed by atoms with Crippen LogP contribution in [0.25, 0.3) is 10.9 Å². The van der Waals surface area contributed by atoms with Crippen LogP contribution < -0.4 is 26.4 Å². The number of anilines is 1. The molecule has 0 atom stereocenters. The second-order valence-electron chi connectivity index (χ2n) is 8.63. The zero-order chi connectivity index (χ0) is 25.4. The van der Waals surface area contributed by atoms with E-state index in [9.17, 15) is 23.1 Å². The predicted molar refractivity (Wildman–Crippen MR) is 135 cm³/mol. The van der Waals surface area contributed by atoms with Crippen LogP contribution in [0.3, 0.4) is 0 Å². The van der Waals surface area contributed by atoms with Crippen molar-refractivity contribution in [2.24, 2.45) is 10.3 Å². The number of hydrogen-bond donors (Lipinski definition) is 4. The average molecular weight is 512 g/mol. The number of hydrogen-bond acceptors (Lipinski definition) is 8. The molecule has 0 radical (unpaired) electrons. The summed E-state index contributed by atoms with van der Waals surface area (Å²) in [5.74, 6) is -0.352. The van der Waals surface area contributed by atoms with Crippen molar-refractivity contribution in [3.63, 3.8) is 0 Å². The van der Waals surface area contributed by atoms with Crippen molar-refractivity contribution in [1.29, 1.82) is 0 Å². The van der Waals surface area contributed by atoms with Gasteiger partial charge >= 0.3 is 0 Å². The summed E-state index contributed by atoms with van der Waals surface area (Å²) in [5.41, 5.74) is 2.86. The molecular weight excluding hydrogens is 486 g/mol. The lowest BCUT2D eigenvalue weighted by molar-refractivity contribution is -0.122. The Bertz CT molecular complexity index is 1560. The number of sulfonamides is 1. The van der Waals surface area contributed by atoms with E-state index in [1.165, 1.54) is 22.9 Å². The maximum absolute atomic E-state index is 13.5. The van der Waals surface area contributed by atoms with Crippen LogP contribution in [-0.2, 0) is 14.8 Å². The molecule has 1 aliphatic carbocycles. The van der Waals surface area contributed by atoms with Gasteiger partial charge in [0.1, 0.15) is 22.0 Å². The van der Waals surface area contributed by atoms with Gasteiger partial charge in [-0.05, 0) is 49.9 Å². The van der Waals surface area contributed by atoms with Gasteiger partial charge < -0.3 is 25.9 Å². The molecule has 0 saturated heterocycles. The third-order valence-electron chi connectivity index (χ3n) is 5.97. The number of likely N-dealkylation sites (N-methyl/N-ethyl adjacent to an activating group) is 1. The number of amides is 1. The first-order valence-corrected chi connectivity index (χ1v) is 13.0. The number of aromatic hydroxyl groups is 1. The van der Waals surface area contributed by atoms with Crippen molar-refractivity contribution >= 4 is 38.4 Å². The molecule has 4 N–H and O–H groups in total. The molecule has 11 nitrogen and oxygen atoms in total. The summed E-state index contributed by atoms with van der Waals surface area (Å²) in [6, 6.07) is 11.0. The molecule has 2 aromatic carbocycles. The Kier molecular flexibility index (Phi) is 6.04. The monoisotopic (exact) mass is 511 g/mol. The fourth-order valence-electron chi connectivity index (χ4n) is 3.97. The topological polar surface area (TPSA) is 151 Å². The number of aromatic nitrogens is 1. The van der Waals surface area contributed by atoms with Crippen LogP contribution in [0.4, 0.5) is 5.69 Å². The summed E-state index contributed by atoms with van der Waals surface area (Å²) < 4.78 is 36.7. The molecule has 2 heterocycles. The van der Waals surface area contributed by atoms with Gasteiger partial charge in [0.15, 0.2) is 12.4 Å². The van der Waals surface area contributed by atoms with E-state index in [0.717, 1.165) is 12.8 Å². The van der Waals surface area contributed by atoms with E-state index in [2.05, 4.69) is 20.5 Å². The number of amidine groups is 1. The van der Waals surface area contributed by atoms with Crippen LogP contribution in [0.15, 0.2) is 56.6 Å². The average Bonchev–Trinajstić information content (AvgIpc) is 3.67. The maximum Gasteiger partial charge on any atom is 0.286 e. The Morgan fingerprint density at radius 2 is 2.03 bits per heavy atom. The number of carbonyl (C=O) groups excluding carboxylic acids is 1. The number of para-hydroxylation sites is 1. The van der Waals surface area contributed by atoms with E-state index in [-0.39, 0.29) is 46.0 Å². The first-order chi connectivity index (χ1) is 17.3. The molecule has 12 heteroatoms. The Balaban J connectivity index is 1.54. The molecule has 5 rings (SSSR count). The summed E-state index contributed by atoms with van der Waals surface area (Å²) >= 11 is 0. The molecule has 36 heavy (non-hydrogen) atoms. The van der Waals surface area contributed by atoms with E-state index in [0.29, 0.717) is 29.9 Å². The van der Waals surface area contributed by atoms with Crippen LogP contribution in [0.1, 0.15) is 25.3 Å². The van der Waals surface area contributed by atoms with Gasteiger partial charge in [0.2, 0.25) is 0 Å². The molecule has 1 fully saturated rings. The molecule has 0 bridgehead atoms. The molecule has 0 spiro atoms. The molecule has 1 aliphatic heterocycles. The minimum Gasteiger partial charge on any atom is -0.506 e. The van der Waals surface area contributed by atoms with Crippen molar-refractivity contribution < 1.29 is 23.1 Å². The van der Waals surface area contributed by atoms with Crippen molar-refractivity contribution in [1.82, 2.24) is 9.99 Å². The molecule has 3 aromatic rings. The van der Waals surface area contributed by atoms with Crippen molar-refractivity contribution in [3.8, 4) is 11.5 Å². The van der Waals surface area contributed by atoms with Crippen LogP contribution in [0.5, 0.6) is 11.5 Å². The zero-order valence-electron chi connectivity index (χ0n) is 19.4. The third-order valence-corrected chi connectivity index (χ3v) is 7.28. The van der Waals surface area contributed by atoms with E-state index in [1.807, 2.05) is 0 Å². The Hall–Kier alpha value is -4.06. The second-order valence-corrected chi connectivity index (χ2v) is 10.2. The van der Waals surface area contributed by atoms with Crippen LogP contribution in [-0.4, -0.2) is 49.6 Å².